The van der Waals surface area contributed by atoms with E-state index in [2.05, 4.69) is 0 Å². The zero-order chi connectivity index (χ0) is 12.0. The van der Waals surface area contributed by atoms with Crippen molar-refractivity contribution >= 4 is 0 Å². The zero-order valence-corrected chi connectivity index (χ0v) is 10.1. The van der Waals surface area contributed by atoms with Gasteiger partial charge in [-0.25, -0.2) is 8.78 Å². The van der Waals surface area contributed by atoms with E-state index in [0.29, 0.717) is 26.1 Å². The van der Waals surface area contributed by atoms with Crippen LogP contribution in [0.25, 0.3) is 0 Å². The van der Waals surface area contributed by atoms with Crippen molar-refractivity contribution in [1.29, 1.82) is 0 Å². The van der Waals surface area contributed by atoms with E-state index in [1.54, 1.807) is 0 Å². The molecule has 96 valence electrons. The number of alkyl halides is 2. The predicted molar refractivity (Wildman–Crippen MR) is 59.1 cm³/mol. The van der Waals surface area contributed by atoms with Crippen molar-refractivity contribution in [2.45, 2.75) is 64.1 Å². The van der Waals surface area contributed by atoms with Crippen LogP contribution in [0, 0.1) is 0 Å². The van der Waals surface area contributed by atoms with Crippen molar-refractivity contribution in [1.82, 2.24) is 0 Å². The predicted octanol–water partition coefficient (Wildman–Crippen LogP) is 3.05. The summed E-state index contributed by atoms with van der Waals surface area (Å²) < 4.78 is 37.9. The van der Waals surface area contributed by atoms with Gasteiger partial charge in [-0.1, -0.05) is 13.8 Å². The van der Waals surface area contributed by atoms with Gasteiger partial charge in [0.1, 0.15) is 0 Å². The van der Waals surface area contributed by atoms with Gasteiger partial charge in [-0.2, -0.15) is 0 Å². The summed E-state index contributed by atoms with van der Waals surface area (Å²) in [6, 6.07) is 0. The van der Waals surface area contributed by atoms with Crippen LogP contribution in [0.15, 0.2) is 0 Å². The number of ether oxygens (including phenoxy) is 2. The Morgan fingerprint density at radius 1 is 0.875 bits per heavy atom. The van der Waals surface area contributed by atoms with Crippen LogP contribution in [0.1, 0.15) is 39.5 Å². The van der Waals surface area contributed by atoms with Crippen LogP contribution >= 0.6 is 0 Å². The first kappa shape index (κ1) is 13.8. The number of hydrogen-bond acceptors (Lipinski definition) is 2. The van der Waals surface area contributed by atoms with Crippen molar-refractivity contribution < 1.29 is 18.3 Å². The Hall–Kier alpha value is -0.220. The van der Waals surface area contributed by atoms with E-state index >= 15 is 0 Å². The standard InChI is InChI=1S/C12H22F2O2/c1-3-7-15-9-5-6-10(16-8-4-2)12(14)11(9)13/h9-12H,3-8H2,1-2H3. The Labute approximate surface area is 96.3 Å². The van der Waals surface area contributed by atoms with Crippen LogP contribution in [0.3, 0.4) is 0 Å². The molecule has 0 aromatic carbocycles. The third kappa shape index (κ3) is 3.67. The molecule has 0 heterocycles. The first-order valence-corrected chi connectivity index (χ1v) is 6.22. The molecule has 16 heavy (non-hydrogen) atoms. The summed E-state index contributed by atoms with van der Waals surface area (Å²) in [4.78, 5) is 0. The van der Waals surface area contributed by atoms with Crippen molar-refractivity contribution in [3.63, 3.8) is 0 Å². The molecule has 1 saturated carbocycles. The van der Waals surface area contributed by atoms with Gasteiger partial charge >= 0.3 is 0 Å². The third-order valence-electron chi connectivity index (χ3n) is 2.82. The van der Waals surface area contributed by atoms with Crippen molar-refractivity contribution in [3.05, 3.63) is 0 Å². The average Bonchev–Trinajstić information content (AvgIpc) is 2.30. The van der Waals surface area contributed by atoms with Crippen molar-refractivity contribution in [2.75, 3.05) is 13.2 Å². The zero-order valence-electron chi connectivity index (χ0n) is 10.1. The quantitative estimate of drug-likeness (QED) is 0.705. The highest BCUT2D eigenvalue weighted by Crippen LogP contribution is 2.29. The lowest BCUT2D eigenvalue weighted by Gasteiger charge is -2.34. The second kappa shape index (κ2) is 7.17. The maximum absolute atomic E-state index is 13.7. The Kier molecular flexibility index (Phi) is 6.21. The fraction of sp³-hybridized carbons (Fsp3) is 1.00. The highest BCUT2D eigenvalue weighted by molar-refractivity contribution is 4.89. The normalized spacial score (nSPS) is 35.2. The summed E-state index contributed by atoms with van der Waals surface area (Å²) in [6.45, 7) is 4.91. The summed E-state index contributed by atoms with van der Waals surface area (Å²) in [5, 5.41) is 0. The lowest BCUT2D eigenvalue weighted by molar-refractivity contribution is -0.117. The largest absolute Gasteiger partial charge is 0.375 e. The topological polar surface area (TPSA) is 18.5 Å². The molecule has 0 amide bonds. The summed E-state index contributed by atoms with van der Waals surface area (Å²) >= 11 is 0. The minimum Gasteiger partial charge on any atom is -0.375 e. The van der Waals surface area contributed by atoms with Gasteiger partial charge < -0.3 is 9.47 Å². The molecule has 0 aliphatic heterocycles. The highest BCUT2D eigenvalue weighted by atomic mass is 19.2. The summed E-state index contributed by atoms with van der Waals surface area (Å²) in [6.07, 6.45) is -1.49. The summed E-state index contributed by atoms with van der Waals surface area (Å²) in [7, 11) is 0. The molecule has 4 heteroatoms. The molecule has 1 rings (SSSR count). The molecule has 0 spiro atoms. The average molecular weight is 236 g/mol. The van der Waals surface area contributed by atoms with Crippen LogP contribution in [-0.4, -0.2) is 37.8 Å². The van der Waals surface area contributed by atoms with E-state index < -0.39 is 24.6 Å². The van der Waals surface area contributed by atoms with Gasteiger partial charge in [-0.05, 0) is 25.7 Å². The van der Waals surface area contributed by atoms with Crippen LogP contribution in [-0.2, 0) is 9.47 Å². The van der Waals surface area contributed by atoms with Crippen LogP contribution < -0.4 is 0 Å². The van der Waals surface area contributed by atoms with E-state index in [9.17, 15) is 8.78 Å². The van der Waals surface area contributed by atoms with Gasteiger partial charge in [0.25, 0.3) is 0 Å². The number of hydrogen-bond donors (Lipinski definition) is 0. The number of rotatable bonds is 6. The fourth-order valence-electron chi connectivity index (χ4n) is 1.95. The Bertz CT molecular complexity index is 170. The van der Waals surface area contributed by atoms with Gasteiger partial charge in [0.2, 0.25) is 0 Å². The van der Waals surface area contributed by atoms with E-state index in [0.717, 1.165) is 12.8 Å². The molecule has 0 saturated heterocycles. The maximum Gasteiger partial charge on any atom is 0.160 e. The van der Waals surface area contributed by atoms with Crippen molar-refractivity contribution in [3.8, 4) is 0 Å². The molecule has 4 atom stereocenters. The summed E-state index contributed by atoms with van der Waals surface area (Å²) in [5.74, 6) is 0. The third-order valence-corrected chi connectivity index (χ3v) is 2.82. The minimum absolute atomic E-state index is 0.498. The molecule has 1 fully saturated rings. The monoisotopic (exact) mass is 236 g/mol. The molecule has 1 aliphatic carbocycles. The second-order valence-electron chi connectivity index (χ2n) is 4.28. The molecule has 0 N–H and O–H groups in total. The molecule has 0 radical (unpaired) electrons. The smallest absolute Gasteiger partial charge is 0.160 e. The fourth-order valence-corrected chi connectivity index (χ4v) is 1.95. The SMILES string of the molecule is CCCOC1CCC(OCCC)C(F)C1F. The number of halogens is 2. The van der Waals surface area contributed by atoms with Gasteiger partial charge in [0, 0.05) is 13.2 Å². The van der Waals surface area contributed by atoms with E-state index in [1.165, 1.54) is 0 Å². The lowest BCUT2D eigenvalue weighted by Crippen LogP contribution is -2.46. The van der Waals surface area contributed by atoms with Gasteiger partial charge in [0.05, 0.1) is 12.2 Å². The second-order valence-corrected chi connectivity index (χ2v) is 4.28. The molecule has 4 unspecified atom stereocenters. The Morgan fingerprint density at radius 2 is 1.25 bits per heavy atom. The summed E-state index contributed by atoms with van der Waals surface area (Å²) in [5.41, 5.74) is 0. The lowest BCUT2D eigenvalue weighted by atomic mass is 9.91. The first-order valence-electron chi connectivity index (χ1n) is 6.22. The van der Waals surface area contributed by atoms with Crippen LogP contribution in [0.4, 0.5) is 8.78 Å². The van der Waals surface area contributed by atoms with Crippen molar-refractivity contribution in [2.24, 2.45) is 0 Å². The minimum atomic E-state index is -1.54. The van der Waals surface area contributed by atoms with Gasteiger partial charge in [-0.15, -0.1) is 0 Å². The van der Waals surface area contributed by atoms with Crippen LogP contribution in [0.2, 0.25) is 0 Å². The highest BCUT2D eigenvalue weighted by Gasteiger charge is 2.41. The molecule has 0 bridgehead atoms. The Morgan fingerprint density at radius 3 is 1.56 bits per heavy atom. The van der Waals surface area contributed by atoms with Crippen LogP contribution in [0.5, 0.6) is 0 Å². The maximum atomic E-state index is 13.7. The van der Waals surface area contributed by atoms with E-state index in [4.69, 9.17) is 9.47 Å². The van der Waals surface area contributed by atoms with E-state index in [-0.39, 0.29) is 0 Å². The first-order chi connectivity index (χ1) is 7.70. The Balaban J connectivity index is 2.38. The van der Waals surface area contributed by atoms with E-state index in [1.807, 2.05) is 13.8 Å². The molecular weight excluding hydrogens is 214 g/mol. The molecular formula is C12H22F2O2. The van der Waals surface area contributed by atoms with Gasteiger partial charge in [0.15, 0.2) is 12.3 Å². The van der Waals surface area contributed by atoms with Gasteiger partial charge in [-0.3, -0.25) is 0 Å². The molecule has 0 aromatic rings. The molecule has 2 nitrogen and oxygen atoms in total. The molecule has 1 aliphatic rings. The molecule has 0 aromatic heterocycles.